The highest BCUT2D eigenvalue weighted by molar-refractivity contribution is 5.72. The summed E-state index contributed by atoms with van der Waals surface area (Å²) >= 11 is 0. The quantitative estimate of drug-likeness (QED) is 0.701. The van der Waals surface area contributed by atoms with E-state index < -0.39 is 11.6 Å². The standard InChI is InChI=1S/C20H27NO6/c1-13-12-15(21-27-13)10-8-14-9-11-16(19(2,23-4)24-5)18(22)17(14)20(3,25-6)26-7/h8-12,22H,1-7H3/b10-8+. The second kappa shape index (κ2) is 8.22. The van der Waals surface area contributed by atoms with E-state index in [1.165, 1.54) is 28.4 Å². The maximum atomic E-state index is 11.1. The predicted octanol–water partition coefficient (Wildman–Crippen LogP) is 3.79. The Morgan fingerprint density at radius 1 is 0.963 bits per heavy atom. The normalized spacial score (nSPS) is 12.9. The Kier molecular flexibility index (Phi) is 6.43. The molecule has 0 bridgehead atoms. The first kappa shape index (κ1) is 21.1. The molecule has 7 nitrogen and oxygen atoms in total. The third-order valence-corrected chi connectivity index (χ3v) is 4.79. The Balaban J connectivity index is 2.66. The van der Waals surface area contributed by atoms with Crippen LogP contribution in [-0.2, 0) is 30.5 Å². The lowest BCUT2D eigenvalue weighted by Gasteiger charge is -2.33. The van der Waals surface area contributed by atoms with Crippen LogP contribution in [0, 0.1) is 6.92 Å². The topological polar surface area (TPSA) is 83.2 Å². The van der Waals surface area contributed by atoms with E-state index in [1.54, 1.807) is 26.0 Å². The van der Waals surface area contributed by atoms with Crippen molar-refractivity contribution in [3.05, 3.63) is 46.3 Å². The third-order valence-electron chi connectivity index (χ3n) is 4.79. The van der Waals surface area contributed by atoms with Crippen molar-refractivity contribution in [2.24, 2.45) is 0 Å². The van der Waals surface area contributed by atoms with Gasteiger partial charge in [0.2, 0.25) is 0 Å². The lowest BCUT2D eigenvalue weighted by molar-refractivity contribution is -0.208. The first-order valence-electron chi connectivity index (χ1n) is 8.43. The number of phenols is 1. The number of phenolic OH excluding ortho intramolecular Hbond substituents is 1. The molecule has 1 N–H and O–H groups in total. The molecule has 1 aromatic heterocycles. The van der Waals surface area contributed by atoms with Gasteiger partial charge < -0.3 is 28.6 Å². The van der Waals surface area contributed by atoms with Gasteiger partial charge in [-0.05, 0) is 38.5 Å². The molecule has 0 radical (unpaired) electrons. The van der Waals surface area contributed by atoms with Gasteiger partial charge in [0.25, 0.3) is 0 Å². The van der Waals surface area contributed by atoms with Gasteiger partial charge in [-0.2, -0.15) is 0 Å². The molecule has 0 amide bonds. The summed E-state index contributed by atoms with van der Waals surface area (Å²) in [6, 6.07) is 5.38. The Labute approximate surface area is 159 Å². The Hall–Kier alpha value is -2.19. The molecule has 1 aromatic carbocycles. The summed E-state index contributed by atoms with van der Waals surface area (Å²) in [6.45, 7) is 5.26. The van der Waals surface area contributed by atoms with E-state index in [9.17, 15) is 5.11 Å². The fourth-order valence-electron chi connectivity index (χ4n) is 2.82. The lowest BCUT2D eigenvalue weighted by Crippen LogP contribution is -2.31. The Morgan fingerprint density at radius 2 is 1.56 bits per heavy atom. The van der Waals surface area contributed by atoms with Crippen LogP contribution in [0.1, 0.15) is 42.0 Å². The Morgan fingerprint density at radius 3 is 2.04 bits per heavy atom. The molecule has 7 heteroatoms. The number of benzene rings is 1. The molecule has 0 unspecified atom stereocenters. The van der Waals surface area contributed by atoms with Crippen LogP contribution in [0.5, 0.6) is 5.75 Å². The number of hydrogen-bond donors (Lipinski definition) is 1. The number of nitrogens with zero attached hydrogens (tertiary/aromatic N) is 1. The predicted molar refractivity (Wildman–Crippen MR) is 101 cm³/mol. The summed E-state index contributed by atoms with van der Waals surface area (Å²) in [6.07, 6.45) is 3.59. The first-order valence-corrected chi connectivity index (χ1v) is 8.43. The average molecular weight is 377 g/mol. The average Bonchev–Trinajstić information content (AvgIpc) is 3.10. The van der Waals surface area contributed by atoms with E-state index in [0.29, 0.717) is 28.1 Å². The van der Waals surface area contributed by atoms with Crippen LogP contribution in [0.3, 0.4) is 0 Å². The van der Waals surface area contributed by atoms with E-state index in [4.69, 9.17) is 23.5 Å². The van der Waals surface area contributed by atoms with Gasteiger partial charge in [-0.1, -0.05) is 17.3 Å². The summed E-state index contributed by atoms with van der Waals surface area (Å²) in [5, 5.41) is 15.0. The molecular formula is C20H27NO6. The number of hydrogen-bond acceptors (Lipinski definition) is 7. The summed E-state index contributed by atoms with van der Waals surface area (Å²) in [7, 11) is 6.04. The van der Waals surface area contributed by atoms with Crippen LogP contribution in [0.25, 0.3) is 12.2 Å². The van der Waals surface area contributed by atoms with Crippen LogP contribution in [0.4, 0.5) is 0 Å². The highest BCUT2D eigenvalue weighted by atomic mass is 16.7. The molecule has 27 heavy (non-hydrogen) atoms. The second-order valence-electron chi connectivity index (χ2n) is 6.33. The first-order chi connectivity index (χ1) is 12.7. The van der Waals surface area contributed by atoms with Crippen LogP contribution in [0.15, 0.2) is 22.7 Å². The van der Waals surface area contributed by atoms with Crippen molar-refractivity contribution < 1.29 is 28.6 Å². The van der Waals surface area contributed by atoms with E-state index in [-0.39, 0.29) is 5.75 Å². The number of aryl methyl sites for hydroxylation is 1. The van der Waals surface area contributed by atoms with Crippen molar-refractivity contribution in [2.75, 3.05) is 28.4 Å². The zero-order chi connectivity index (χ0) is 20.2. The van der Waals surface area contributed by atoms with Gasteiger partial charge in [-0.3, -0.25) is 0 Å². The zero-order valence-corrected chi connectivity index (χ0v) is 16.8. The third kappa shape index (κ3) is 4.06. The van der Waals surface area contributed by atoms with Crippen molar-refractivity contribution in [1.82, 2.24) is 5.16 Å². The smallest absolute Gasteiger partial charge is 0.195 e. The molecule has 148 valence electrons. The highest BCUT2D eigenvalue weighted by Crippen LogP contribution is 2.43. The minimum absolute atomic E-state index is 0.0362. The molecule has 0 aliphatic rings. The number of methoxy groups -OCH3 is 4. The van der Waals surface area contributed by atoms with Gasteiger partial charge in [0.05, 0.1) is 11.1 Å². The molecule has 0 fully saturated rings. The van der Waals surface area contributed by atoms with E-state index in [0.717, 1.165) is 0 Å². The molecule has 0 aliphatic heterocycles. The zero-order valence-electron chi connectivity index (χ0n) is 16.8. The minimum Gasteiger partial charge on any atom is -0.507 e. The molecule has 0 spiro atoms. The summed E-state index contributed by atoms with van der Waals surface area (Å²) in [5.41, 5.74) is 2.26. The SMILES string of the molecule is COC(C)(OC)c1ccc(/C=C/c2cc(C)on2)c(C(C)(OC)OC)c1O. The van der Waals surface area contributed by atoms with Crippen LogP contribution < -0.4 is 0 Å². The number of aromatic hydroxyl groups is 1. The number of aromatic nitrogens is 1. The van der Waals surface area contributed by atoms with Crippen molar-refractivity contribution in [3.8, 4) is 5.75 Å². The summed E-state index contributed by atoms with van der Waals surface area (Å²) in [5.74, 6) is -1.65. The van der Waals surface area contributed by atoms with Crippen molar-refractivity contribution in [3.63, 3.8) is 0 Å². The van der Waals surface area contributed by atoms with Gasteiger partial charge in [0.15, 0.2) is 11.6 Å². The lowest BCUT2D eigenvalue weighted by atomic mass is 9.92. The van der Waals surface area contributed by atoms with Gasteiger partial charge in [-0.25, -0.2) is 0 Å². The molecule has 2 rings (SSSR count). The molecule has 0 aliphatic carbocycles. The Bertz CT molecular complexity index is 803. The van der Waals surface area contributed by atoms with Gasteiger partial charge in [-0.15, -0.1) is 0 Å². The largest absolute Gasteiger partial charge is 0.507 e. The molecule has 1 heterocycles. The minimum atomic E-state index is -1.19. The molecule has 0 saturated carbocycles. The fourth-order valence-corrected chi connectivity index (χ4v) is 2.82. The van der Waals surface area contributed by atoms with Crippen LogP contribution in [0.2, 0.25) is 0 Å². The van der Waals surface area contributed by atoms with Crippen molar-refractivity contribution >= 4 is 12.2 Å². The number of ether oxygens (including phenoxy) is 4. The second-order valence-corrected chi connectivity index (χ2v) is 6.33. The highest BCUT2D eigenvalue weighted by Gasteiger charge is 2.37. The maximum Gasteiger partial charge on any atom is 0.195 e. The van der Waals surface area contributed by atoms with Crippen LogP contribution >= 0.6 is 0 Å². The van der Waals surface area contributed by atoms with Gasteiger partial charge in [0.1, 0.15) is 17.2 Å². The molecular weight excluding hydrogens is 350 g/mol. The molecule has 0 saturated heterocycles. The van der Waals surface area contributed by atoms with Crippen molar-refractivity contribution in [1.29, 1.82) is 0 Å². The van der Waals surface area contributed by atoms with E-state index in [2.05, 4.69) is 5.16 Å². The van der Waals surface area contributed by atoms with Gasteiger partial charge >= 0.3 is 0 Å². The maximum absolute atomic E-state index is 11.1. The van der Waals surface area contributed by atoms with Crippen LogP contribution in [-0.4, -0.2) is 38.7 Å². The fraction of sp³-hybridized carbons (Fsp3) is 0.450. The van der Waals surface area contributed by atoms with Crippen molar-refractivity contribution in [2.45, 2.75) is 32.3 Å². The van der Waals surface area contributed by atoms with E-state index >= 15 is 0 Å². The van der Waals surface area contributed by atoms with E-state index in [1.807, 2.05) is 25.1 Å². The number of rotatable bonds is 8. The monoisotopic (exact) mass is 377 g/mol. The molecule has 2 aromatic rings. The summed E-state index contributed by atoms with van der Waals surface area (Å²) < 4.78 is 27.1. The van der Waals surface area contributed by atoms with Gasteiger partial charge in [0, 0.05) is 34.5 Å². The summed E-state index contributed by atoms with van der Waals surface area (Å²) in [4.78, 5) is 0. The molecule has 0 atom stereocenters.